The number of pyridine rings is 1. The number of hydrogen-bond donors (Lipinski definition) is 1. The van der Waals surface area contributed by atoms with Gasteiger partial charge in [0.1, 0.15) is 0 Å². The summed E-state index contributed by atoms with van der Waals surface area (Å²) in [5.41, 5.74) is -1.59. The van der Waals surface area contributed by atoms with E-state index in [1.807, 2.05) is 13.8 Å². The van der Waals surface area contributed by atoms with Gasteiger partial charge in [-0.3, -0.25) is 4.79 Å². The number of rotatable bonds is 3. The average molecular weight is 265 g/mol. The smallest absolute Gasteiger partial charge is 0.314 e. The second-order valence-electron chi connectivity index (χ2n) is 4.70. The third kappa shape index (κ3) is 3.80. The topological polar surface area (TPSA) is 22.0 Å². The van der Waals surface area contributed by atoms with E-state index in [1.54, 1.807) is 0 Å². The molecule has 17 heavy (non-hydrogen) atoms. The molecule has 2 nitrogen and oxygen atoms in total. The second-order valence-corrected chi connectivity index (χ2v) is 5.02. The SMILES string of the molecule is CC(C)(CS)Cn1cc(C(F)(F)F)ccc1=O. The van der Waals surface area contributed by atoms with Gasteiger partial charge in [-0.1, -0.05) is 13.8 Å². The van der Waals surface area contributed by atoms with Gasteiger partial charge in [0.05, 0.1) is 5.56 Å². The molecule has 0 aliphatic heterocycles. The van der Waals surface area contributed by atoms with Crippen LogP contribution in [0.5, 0.6) is 0 Å². The van der Waals surface area contributed by atoms with Gasteiger partial charge < -0.3 is 4.57 Å². The minimum Gasteiger partial charge on any atom is -0.314 e. The van der Waals surface area contributed by atoms with E-state index in [1.165, 1.54) is 0 Å². The summed E-state index contributed by atoms with van der Waals surface area (Å²) in [7, 11) is 0. The van der Waals surface area contributed by atoms with Crippen LogP contribution in [0.2, 0.25) is 0 Å². The Hall–Kier alpha value is -0.910. The molecule has 0 N–H and O–H groups in total. The van der Waals surface area contributed by atoms with Crippen LogP contribution in [-0.4, -0.2) is 10.3 Å². The van der Waals surface area contributed by atoms with Crippen molar-refractivity contribution >= 4 is 12.6 Å². The zero-order valence-electron chi connectivity index (χ0n) is 9.58. The number of hydrogen-bond acceptors (Lipinski definition) is 2. The highest BCUT2D eigenvalue weighted by Crippen LogP contribution is 2.28. The van der Waals surface area contributed by atoms with E-state index in [9.17, 15) is 18.0 Å². The van der Waals surface area contributed by atoms with Gasteiger partial charge in [0.25, 0.3) is 5.56 Å². The molecule has 0 saturated heterocycles. The number of aromatic nitrogens is 1. The fourth-order valence-electron chi connectivity index (χ4n) is 1.33. The maximum atomic E-state index is 12.5. The Labute approximate surface area is 103 Å². The van der Waals surface area contributed by atoms with Crippen molar-refractivity contribution in [2.75, 3.05) is 5.75 Å². The van der Waals surface area contributed by atoms with E-state index in [0.29, 0.717) is 5.75 Å². The van der Waals surface area contributed by atoms with Crippen LogP contribution in [0.3, 0.4) is 0 Å². The van der Waals surface area contributed by atoms with Crippen molar-refractivity contribution < 1.29 is 13.2 Å². The van der Waals surface area contributed by atoms with Gasteiger partial charge in [0.2, 0.25) is 0 Å². The predicted octanol–water partition coefficient (Wildman–Crippen LogP) is 2.82. The van der Waals surface area contributed by atoms with E-state index in [-0.39, 0.29) is 12.0 Å². The quantitative estimate of drug-likeness (QED) is 0.834. The normalized spacial score (nSPS) is 12.8. The van der Waals surface area contributed by atoms with Crippen molar-refractivity contribution in [3.63, 3.8) is 0 Å². The van der Waals surface area contributed by atoms with Crippen LogP contribution in [0.1, 0.15) is 19.4 Å². The highest BCUT2D eigenvalue weighted by Gasteiger charge is 2.31. The second kappa shape index (κ2) is 4.76. The lowest BCUT2D eigenvalue weighted by molar-refractivity contribution is -0.138. The van der Waals surface area contributed by atoms with Crippen LogP contribution in [-0.2, 0) is 12.7 Å². The third-order valence-electron chi connectivity index (χ3n) is 2.34. The minimum atomic E-state index is -4.43. The van der Waals surface area contributed by atoms with E-state index < -0.39 is 17.3 Å². The Morgan fingerprint density at radius 2 is 1.88 bits per heavy atom. The zero-order chi connectivity index (χ0) is 13.3. The molecule has 0 spiro atoms. The number of thiol groups is 1. The van der Waals surface area contributed by atoms with Crippen molar-refractivity contribution in [3.05, 3.63) is 34.2 Å². The molecule has 1 aromatic rings. The molecule has 0 aliphatic rings. The zero-order valence-corrected chi connectivity index (χ0v) is 10.5. The van der Waals surface area contributed by atoms with Crippen molar-refractivity contribution in [1.82, 2.24) is 4.57 Å². The molecule has 0 saturated carbocycles. The first-order valence-electron chi connectivity index (χ1n) is 5.04. The van der Waals surface area contributed by atoms with Crippen molar-refractivity contribution in [2.45, 2.75) is 26.6 Å². The van der Waals surface area contributed by atoms with Gasteiger partial charge in [-0.15, -0.1) is 0 Å². The first-order chi connectivity index (χ1) is 7.65. The highest BCUT2D eigenvalue weighted by atomic mass is 32.1. The summed E-state index contributed by atoms with van der Waals surface area (Å²) in [5, 5.41) is 0. The van der Waals surface area contributed by atoms with Crippen LogP contribution < -0.4 is 5.56 Å². The standard InChI is InChI=1S/C11H14F3NOS/c1-10(2,7-17)6-15-5-8(11(12,13)14)3-4-9(15)16/h3-5,17H,6-7H2,1-2H3. The molecule has 0 amide bonds. The Morgan fingerprint density at radius 3 is 2.35 bits per heavy atom. The van der Waals surface area contributed by atoms with Gasteiger partial charge in [-0.2, -0.15) is 25.8 Å². The molecular weight excluding hydrogens is 251 g/mol. The van der Waals surface area contributed by atoms with Crippen molar-refractivity contribution in [3.8, 4) is 0 Å². The molecule has 0 fully saturated rings. The van der Waals surface area contributed by atoms with Gasteiger partial charge in [-0.25, -0.2) is 0 Å². The maximum Gasteiger partial charge on any atom is 0.417 e. The van der Waals surface area contributed by atoms with E-state index >= 15 is 0 Å². The monoisotopic (exact) mass is 265 g/mol. The van der Waals surface area contributed by atoms with Crippen molar-refractivity contribution in [2.24, 2.45) is 5.41 Å². The minimum absolute atomic E-state index is 0.208. The van der Waals surface area contributed by atoms with Crippen LogP contribution in [0.4, 0.5) is 13.2 Å². The Bertz CT molecular complexity index is 451. The Balaban J connectivity index is 3.12. The predicted molar refractivity (Wildman–Crippen MR) is 63.3 cm³/mol. The molecule has 0 aliphatic carbocycles. The summed E-state index contributed by atoms with van der Waals surface area (Å²) in [4.78, 5) is 11.5. The first-order valence-corrected chi connectivity index (χ1v) is 5.67. The van der Waals surface area contributed by atoms with Crippen LogP contribution >= 0.6 is 12.6 Å². The lowest BCUT2D eigenvalue weighted by Crippen LogP contribution is -2.29. The Kier molecular flexibility index (Phi) is 3.96. The molecule has 0 unspecified atom stereocenters. The maximum absolute atomic E-state index is 12.5. The molecule has 1 heterocycles. The van der Waals surface area contributed by atoms with Gasteiger partial charge in [0.15, 0.2) is 0 Å². The molecule has 0 atom stereocenters. The summed E-state index contributed by atoms with van der Waals surface area (Å²) in [6.07, 6.45) is -3.58. The summed E-state index contributed by atoms with van der Waals surface area (Å²) in [5.74, 6) is 0.482. The molecule has 1 aromatic heterocycles. The van der Waals surface area contributed by atoms with Gasteiger partial charge >= 0.3 is 6.18 Å². The van der Waals surface area contributed by atoms with E-state index in [4.69, 9.17) is 0 Å². The summed E-state index contributed by atoms with van der Waals surface area (Å²) >= 11 is 4.11. The Morgan fingerprint density at radius 1 is 1.29 bits per heavy atom. The molecular formula is C11H14F3NOS. The van der Waals surface area contributed by atoms with Crippen LogP contribution in [0.15, 0.2) is 23.1 Å². The fraction of sp³-hybridized carbons (Fsp3) is 0.545. The average Bonchev–Trinajstić information content (AvgIpc) is 2.19. The third-order valence-corrected chi connectivity index (χ3v) is 3.19. The summed E-state index contributed by atoms with van der Waals surface area (Å²) in [6.45, 7) is 3.89. The summed E-state index contributed by atoms with van der Waals surface area (Å²) < 4.78 is 38.5. The molecule has 1 rings (SSSR count). The molecule has 96 valence electrons. The fourth-order valence-corrected chi connectivity index (χ4v) is 1.43. The molecule has 0 aromatic carbocycles. The van der Waals surface area contributed by atoms with Crippen LogP contribution in [0, 0.1) is 5.41 Å². The van der Waals surface area contributed by atoms with Crippen LogP contribution in [0.25, 0.3) is 0 Å². The van der Waals surface area contributed by atoms with Gasteiger partial charge in [0, 0.05) is 18.8 Å². The van der Waals surface area contributed by atoms with Crippen molar-refractivity contribution in [1.29, 1.82) is 0 Å². The molecule has 6 heteroatoms. The molecule has 0 radical (unpaired) electrons. The lowest BCUT2D eigenvalue weighted by atomic mass is 9.96. The summed E-state index contributed by atoms with van der Waals surface area (Å²) in [6, 6.07) is 1.74. The number of halogens is 3. The number of nitrogens with zero attached hydrogens (tertiary/aromatic N) is 1. The highest BCUT2D eigenvalue weighted by molar-refractivity contribution is 7.80. The first kappa shape index (κ1) is 14.2. The molecule has 0 bridgehead atoms. The largest absolute Gasteiger partial charge is 0.417 e. The number of alkyl halides is 3. The lowest BCUT2D eigenvalue weighted by Gasteiger charge is -2.23. The van der Waals surface area contributed by atoms with E-state index in [0.717, 1.165) is 22.9 Å². The van der Waals surface area contributed by atoms with Gasteiger partial charge in [-0.05, 0) is 17.2 Å². The van der Waals surface area contributed by atoms with E-state index in [2.05, 4.69) is 12.6 Å².